The molecule has 1 aromatic rings. The quantitative estimate of drug-likeness (QED) is 0.279. The lowest BCUT2D eigenvalue weighted by Crippen LogP contribution is -2.37. The number of nitrogens with one attached hydrogen (secondary N) is 1. The Hall–Kier alpha value is -1.62. The normalized spacial score (nSPS) is 11.4. The number of hydrogen-bond donors (Lipinski definition) is 3. The summed E-state index contributed by atoms with van der Waals surface area (Å²) in [6, 6.07) is 6.38. The van der Waals surface area contributed by atoms with Crippen molar-refractivity contribution in [3.8, 4) is 0 Å². The lowest BCUT2D eigenvalue weighted by Gasteiger charge is -2.00. The third kappa shape index (κ3) is 3.40. The zero-order valence-corrected chi connectivity index (χ0v) is 7.70. The van der Waals surface area contributed by atoms with Crippen LogP contribution in [0.15, 0.2) is 29.3 Å². The van der Waals surface area contributed by atoms with E-state index in [4.69, 9.17) is 11.6 Å². The number of guanidine groups is 1. The summed E-state index contributed by atoms with van der Waals surface area (Å²) in [5.41, 5.74) is 8.41. The van der Waals surface area contributed by atoms with Crippen LogP contribution in [-0.4, -0.2) is 12.5 Å². The number of aliphatic imine (C=N–C) groups is 1. The molecule has 4 nitrogen and oxygen atoms in total. The molecule has 5 heteroatoms. The van der Waals surface area contributed by atoms with Gasteiger partial charge in [-0.15, -0.1) is 0 Å². The Labute approximate surface area is 81.8 Å². The van der Waals surface area contributed by atoms with E-state index >= 15 is 0 Å². The largest absolute Gasteiger partial charge is 0.369 e. The molecule has 1 rings (SSSR count). The van der Waals surface area contributed by atoms with Crippen LogP contribution < -0.4 is 17.0 Å². The highest BCUT2D eigenvalue weighted by atomic mass is 19.1. The van der Waals surface area contributed by atoms with Gasteiger partial charge in [0.05, 0.1) is 0 Å². The maximum Gasteiger partial charge on any atom is 0.203 e. The van der Waals surface area contributed by atoms with E-state index in [1.807, 2.05) is 6.07 Å². The summed E-state index contributed by atoms with van der Waals surface area (Å²) >= 11 is 0. The Balaban J connectivity index is 2.46. The predicted molar refractivity (Wildman–Crippen MR) is 53.9 cm³/mol. The molecular weight excluding hydrogens is 183 g/mol. The average molecular weight is 196 g/mol. The lowest BCUT2D eigenvalue weighted by molar-refractivity contribution is 0.625. The summed E-state index contributed by atoms with van der Waals surface area (Å²) in [4.78, 5) is 3.90. The van der Waals surface area contributed by atoms with E-state index in [2.05, 4.69) is 10.4 Å². The average Bonchev–Trinajstić information content (AvgIpc) is 2.17. The van der Waals surface area contributed by atoms with Gasteiger partial charge < -0.3 is 5.73 Å². The molecule has 0 heterocycles. The predicted octanol–water partition coefficient (Wildman–Crippen LogP) is 0.146. The Morgan fingerprint density at radius 1 is 1.50 bits per heavy atom. The van der Waals surface area contributed by atoms with Gasteiger partial charge in [-0.1, -0.05) is 12.1 Å². The second-order valence-electron chi connectivity index (χ2n) is 2.79. The van der Waals surface area contributed by atoms with Crippen LogP contribution >= 0.6 is 0 Å². The van der Waals surface area contributed by atoms with Gasteiger partial charge in [0.1, 0.15) is 5.82 Å². The number of nitrogens with zero attached hydrogens (tertiary/aromatic N) is 1. The van der Waals surface area contributed by atoms with Gasteiger partial charge in [-0.3, -0.25) is 10.4 Å². The summed E-state index contributed by atoms with van der Waals surface area (Å²) < 4.78 is 12.7. The first-order valence-electron chi connectivity index (χ1n) is 4.23. The van der Waals surface area contributed by atoms with Crippen LogP contribution in [0.3, 0.4) is 0 Å². The van der Waals surface area contributed by atoms with Crippen LogP contribution in [-0.2, 0) is 6.42 Å². The Morgan fingerprint density at radius 3 is 2.93 bits per heavy atom. The van der Waals surface area contributed by atoms with Gasteiger partial charge in [0.2, 0.25) is 5.96 Å². The first-order chi connectivity index (χ1) is 6.72. The second-order valence-corrected chi connectivity index (χ2v) is 2.79. The zero-order valence-electron chi connectivity index (χ0n) is 7.70. The Bertz CT molecular complexity index is 324. The maximum absolute atomic E-state index is 12.7. The minimum absolute atomic E-state index is 0.182. The number of hydrazine groups is 1. The van der Waals surface area contributed by atoms with E-state index in [-0.39, 0.29) is 11.8 Å². The first kappa shape index (κ1) is 10.5. The van der Waals surface area contributed by atoms with Crippen LogP contribution in [0.1, 0.15) is 5.56 Å². The molecule has 0 unspecified atom stereocenters. The fourth-order valence-corrected chi connectivity index (χ4v) is 1.04. The van der Waals surface area contributed by atoms with E-state index in [0.717, 1.165) is 5.56 Å². The summed E-state index contributed by atoms with van der Waals surface area (Å²) in [5.74, 6) is 4.95. The lowest BCUT2D eigenvalue weighted by atomic mass is 10.1. The maximum atomic E-state index is 12.7. The highest BCUT2D eigenvalue weighted by molar-refractivity contribution is 5.77. The molecule has 0 aliphatic carbocycles. The fourth-order valence-electron chi connectivity index (χ4n) is 1.04. The van der Waals surface area contributed by atoms with Crippen LogP contribution in [0.5, 0.6) is 0 Å². The minimum Gasteiger partial charge on any atom is -0.369 e. The van der Waals surface area contributed by atoms with Gasteiger partial charge >= 0.3 is 0 Å². The molecule has 0 aromatic heterocycles. The van der Waals surface area contributed by atoms with Gasteiger partial charge in [0, 0.05) is 6.54 Å². The van der Waals surface area contributed by atoms with Crippen LogP contribution in [0.25, 0.3) is 0 Å². The first-order valence-corrected chi connectivity index (χ1v) is 4.23. The molecule has 1 aromatic carbocycles. The molecule has 0 bridgehead atoms. The molecule has 14 heavy (non-hydrogen) atoms. The van der Waals surface area contributed by atoms with E-state index in [1.165, 1.54) is 12.1 Å². The molecule has 0 radical (unpaired) electrons. The minimum atomic E-state index is -0.239. The molecule has 0 fully saturated rings. The molecule has 0 aliphatic heterocycles. The van der Waals surface area contributed by atoms with Crippen molar-refractivity contribution in [1.82, 2.24) is 5.43 Å². The third-order valence-electron chi connectivity index (χ3n) is 1.72. The molecule has 0 spiro atoms. The molecular formula is C9H13FN4. The van der Waals surface area contributed by atoms with Crippen LogP contribution in [0.4, 0.5) is 4.39 Å². The number of nitrogens with two attached hydrogens (primary N) is 2. The zero-order chi connectivity index (χ0) is 10.4. The van der Waals surface area contributed by atoms with E-state index in [1.54, 1.807) is 6.07 Å². The van der Waals surface area contributed by atoms with E-state index in [0.29, 0.717) is 13.0 Å². The topological polar surface area (TPSA) is 76.4 Å². The van der Waals surface area contributed by atoms with E-state index < -0.39 is 0 Å². The van der Waals surface area contributed by atoms with Crippen LogP contribution in [0.2, 0.25) is 0 Å². The van der Waals surface area contributed by atoms with Gasteiger partial charge in [0.15, 0.2) is 0 Å². The smallest absolute Gasteiger partial charge is 0.203 e. The monoisotopic (exact) mass is 196 g/mol. The van der Waals surface area contributed by atoms with Gasteiger partial charge in [-0.05, 0) is 24.1 Å². The molecule has 0 atom stereocenters. The van der Waals surface area contributed by atoms with Crippen molar-refractivity contribution in [3.05, 3.63) is 35.6 Å². The molecule has 0 saturated heterocycles. The highest BCUT2D eigenvalue weighted by Crippen LogP contribution is 2.03. The number of halogens is 1. The number of benzene rings is 1. The van der Waals surface area contributed by atoms with Crippen molar-refractivity contribution in [2.75, 3.05) is 6.54 Å². The molecule has 76 valence electrons. The molecule has 0 aliphatic rings. The second kappa shape index (κ2) is 5.18. The summed E-state index contributed by atoms with van der Waals surface area (Å²) in [6.45, 7) is 0.486. The number of hydrogen-bond acceptors (Lipinski definition) is 2. The third-order valence-corrected chi connectivity index (χ3v) is 1.72. The van der Waals surface area contributed by atoms with Crippen molar-refractivity contribution in [3.63, 3.8) is 0 Å². The Kier molecular flexibility index (Phi) is 3.87. The molecule has 0 saturated carbocycles. The summed E-state index contributed by atoms with van der Waals surface area (Å²) in [6.07, 6.45) is 0.639. The van der Waals surface area contributed by atoms with Gasteiger partial charge in [-0.2, -0.15) is 0 Å². The Morgan fingerprint density at radius 2 is 2.29 bits per heavy atom. The standard InChI is InChI=1S/C9H13FN4/c10-8-3-1-2-7(6-8)4-5-13-9(11)14-12/h1-3,6H,4-5,12H2,(H3,11,13,14). The number of rotatable bonds is 3. The van der Waals surface area contributed by atoms with E-state index in [9.17, 15) is 4.39 Å². The van der Waals surface area contributed by atoms with Crippen molar-refractivity contribution < 1.29 is 4.39 Å². The fraction of sp³-hybridized carbons (Fsp3) is 0.222. The SMILES string of the molecule is NNC(N)=NCCc1cccc(F)c1. The van der Waals surface area contributed by atoms with Crippen LogP contribution in [0, 0.1) is 5.82 Å². The van der Waals surface area contributed by atoms with Crippen molar-refractivity contribution in [1.29, 1.82) is 0 Å². The summed E-state index contributed by atoms with van der Waals surface area (Å²) in [5, 5.41) is 0. The van der Waals surface area contributed by atoms with Crippen molar-refractivity contribution in [2.24, 2.45) is 16.6 Å². The molecule has 0 amide bonds. The van der Waals surface area contributed by atoms with Crippen molar-refractivity contribution in [2.45, 2.75) is 6.42 Å². The van der Waals surface area contributed by atoms with Gasteiger partial charge in [-0.25, -0.2) is 10.2 Å². The summed E-state index contributed by atoms with van der Waals surface area (Å²) in [7, 11) is 0. The highest BCUT2D eigenvalue weighted by Gasteiger charge is 1.94. The molecule has 5 N–H and O–H groups in total. The van der Waals surface area contributed by atoms with Crippen molar-refractivity contribution >= 4 is 5.96 Å². The van der Waals surface area contributed by atoms with Gasteiger partial charge in [0.25, 0.3) is 0 Å².